The molecule has 14 heavy (non-hydrogen) atoms. The molecule has 0 N–H and O–H groups in total. The molecule has 0 saturated carbocycles. The molecule has 1 rings (SSSR count). The van der Waals surface area contributed by atoms with Crippen LogP contribution in [0.1, 0.15) is 32.6 Å². The predicted octanol–water partition coefficient (Wildman–Crippen LogP) is 2.19. The van der Waals surface area contributed by atoms with Crippen molar-refractivity contribution >= 4 is 23.4 Å². The number of esters is 1. The summed E-state index contributed by atoms with van der Waals surface area (Å²) in [6, 6.07) is 0. The van der Waals surface area contributed by atoms with Crippen molar-refractivity contribution in [2.75, 3.05) is 6.61 Å². The molecule has 78 valence electrons. The third-order valence-electron chi connectivity index (χ3n) is 2.09. The van der Waals surface area contributed by atoms with Crippen LogP contribution in [0.2, 0.25) is 0 Å². The number of rotatable bonds is 3. The summed E-state index contributed by atoms with van der Waals surface area (Å²) in [6.07, 6.45) is 1.99. The number of ketones is 1. The summed E-state index contributed by atoms with van der Waals surface area (Å²) in [5.74, 6) is -0.398. The van der Waals surface area contributed by atoms with Gasteiger partial charge < -0.3 is 4.74 Å². The van der Waals surface area contributed by atoms with Gasteiger partial charge in [0.05, 0.1) is 13.0 Å². The number of halogens is 1. The fourth-order valence-electron chi connectivity index (χ4n) is 1.41. The molecule has 0 radical (unpaired) electrons. The first kappa shape index (κ1) is 11.2. The van der Waals surface area contributed by atoms with Crippen LogP contribution in [-0.2, 0) is 14.3 Å². The lowest BCUT2D eigenvalue weighted by Crippen LogP contribution is -2.15. The van der Waals surface area contributed by atoms with Crippen LogP contribution in [0.3, 0.4) is 0 Å². The first-order chi connectivity index (χ1) is 6.65. The summed E-state index contributed by atoms with van der Waals surface area (Å²) < 4.78 is 4.76. The normalized spacial score (nSPS) is 17.1. The summed E-state index contributed by atoms with van der Waals surface area (Å²) in [6.45, 7) is 2.06. The molecule has 0 aromatic rings. The number of allylic oxidation sites excluding steroid dienone is 1. The van der Waals surface area contributed by atoms with E-state index in [2.05, 4.69) is 0 Å². The van der Waals surface area contributed by atoms with Gasteiger partial charge in [0, 0.05) is 17.0 Å². The van der Waals surface area contributed by atoms with E-state index in [1.165, 1.54) is 0 Å². The number of hydrogen-bond donors (Lipinski definition) is 0. The van der Waals surface area contributed by atoms with Crippen LogP contribution in [0.15, 0.2) is 10.6 Å². The monoisotopic (exact) mass is 216 g/mol. The Balaban J connectivity index is 2.65. The van der Waals surface area contributed by atoms with Gasteiger partial charge in [-0.05, 0) is 19.8 Å². The molecule has 0 unspecified atom stereocenters. The van der Waals surface area contributed by atoms with Crippen LogP contribution in [0.5, 0.6) is 0 Å². The van der Waals surface area contributed by atoms with Gasteiger partial charge in [-0.25, -0.2) is 0 Å². The number of Topliss-reactive ketones (excluding diaryl/α,β-unsaturated/α-hetero) is 1. The first-order valence-corrected chi connectivity index (χ1v) is 5.09. The van der Waals surface area contributed by atoms with Crippen molar-refractivity contribution in [3.63, 3.8) is 0 Å². The third kappa shape index (κ3) is 2.84. The molecular weight excluding hydrogens is 204 g/mol. The molecular formula is C10H13ClO3. The van der Waals surface area contributed by atoms with E-state index < -0.39 is 0 Å². The SMILES string of the molecule is CCOC(=O)CC1=C(Cl)CCCC1=O. The Morgan fingerprint density at radius 2 is 2.21 bits per heavy atom. The zero-order chi connectivity index (χ0) is 10.6. The van der Waals surface area contributed by atoms with E-state index in [0.29, 0.717) is 30.1 Å². The maximum Gasteiger partial charge on any atom is 0.310 e. The van der Waals surface area contributed by atoms with E-state index in [1.54, 1.807) is 6.92 Å². The number of hydrogen-bond acceptors (Lipinski definition) is 3. The van der Waals surface area contributed by atoms with Crippen molar-refractivity contribution in [3.05, 3.63) is 10.6 Å². The Kier molecular flexibility index (Phi) is 4.14. The Morgan fingerprint density at radius 3 is 2.79 bits per heavy atom. The van der Waals surface area contributed by atoms with Gasteiger partial charge in [-0.2, -0.15) is 0 Å². The van der Waals surface area contributed by atoms with Gasteiger partial charge in [-0.15, -0.1) is 0 Å². The number of carbonyl (C=O) groups excluding carboxylic acids is 2. The van der Waals surface area contributed by atoms with Gasteiger partial charge in [0.2, 0.25) is 0 Å². The number of carbonyl (C=O) groups is 2. The molecule has 0 atom stereocenters. The topological polar surface area (TPSA) is 43.4 Å². The Labute approximate surface area is 88.1 Å². The zero-order valence-electron chi connectivity index (χ0n) is 8.14. The maximum absolute atomic E-state index is 11.4. The highest BCUT2D eigenvalue weighted by Crippen LogP contribution is 2.27. The molecule has 3 nitrogen and oxygen atoms in total. The minimum Gasteiger partial charge on any atom is -0.466 e. The van der Waals surface area contributed by atoms with E-state index >= 15 is 0 Å². The summed E-state index contributed by atoms with van der Waals surface area (Å²) in [5, 5.41) is 0.523. The molecule has 0 spiro atoms. The maximum atomic E-state index is 11.4. The second kappa shape index (κ2) is 5.15. The molecule has 0 fully saturated rings. The molecule has 1 aliphatic carbocycles. The molecule has 0 aliphatic heterocycles. The highest BCUT2D eigenvalue weighted by Gasteiger charge is 2.21. The number of ether oxygens (including phenoxy) is 1. The third-order valence-corrected chi connectivity index (χ3v) is 2.51. The summed E-state index contributed by atoms with van der Waals surface area (Å²) in [5.41, 5.74) is 0.441. The zero-order valence-corrected chi connectivity index (χ0v) is 8.89. The van der Waals surface area contributed by atoms with Crippen molar-refractivity contribution in [2.45, 2.75) is 32.6 Å². The predicted molar refractivity (Wildman–Crippen MR) is 53.0 cm³/mol. The lowest BCUT2D eigenvalue weighted by Gasteiger charge is -2.14. The van der Waals surface area contributed by atoms with Gasteiger partial charge in [0.15, 0.2) is 5.78 Å². The van der Waals surface area contributed by atoms with Crippen LogP contribution in [0, 0.1) is 0 Å². The smallest absolute Gasteiger partial charge is 0.310 e. The fraction of sp³-hybridized carbons (Fsp3) is 0.600. The van der Waals surface area contributed by atoms with Crippen LogP contribution in [0.25, 0.3) is 0 Å². The highest BCUT2D eigenvalue weighted by molar-refractivity contribution is 6.32. The van der Waals surface area contributed by atoms with E-state index in [4.69, 9.17) is 16.3 Å². The largest absolute Gasteiger partial charge is 0.466 e. The van der Waals surface area contributed by atoms with E-state index in [-0.39, 0.29) is 18.2 Å². The van der Waals surface area contributed by atoms with Gasteiger partial charge in [-0.3, -0.25) is 9.59 Å². The Bertz CT molecular complexity index is 281. The second-order valence-electron chi connectivity index (χ2n) is 3.14. The van der Waals surface area contributed by atoms with Gasteiger partial charge in [0.25, 0.3) is 0 Å². The van der Waals surface area contributed by atoms with Crippen molar-refractivity contribution in [1.82, 2.24) is 0 Å². The Hall–Kier alpha value is -0.830. The molecule has 0 amide bonds. The van der Waals surface area contributed by atoms with Crippen molar-refractivity contribution < 1.29 is 14.3 Å². The van der Waals surface area contributed by atoms with Crippen LogP contribution in [-0.4, -0.2) is 18.4 Å². The van der Waals surface area contributed by atoms with Crippen LogP contribution < -0.4 is 0 Å². The lowest BCUT2D eigenvalue weighted by molar-refractivity contribution is -0.142. The molecule has 0 bridgehead atoms. The van der Waals surface area contributed by atoms with E-state index in [1.807, 2.05) is 0 Å². The summed E-state index contributed by atoms with van der Waals surface area (Å²) in [4.78, 5) is 22.5. The summed E-state index contributed by atoms with van der Waals surface area (Å²) >= 11 is 5.87. The molecule has 4 heteroatoms. The van der Waals surface area contributed by atoms with Crippen molar-refractivity contribution in [3.8, 4) is 0 Å². The van der Waals surface area contributed by atoms with Crippen molar-refractivity contribution in [2.24, 2.45) is 0 Å². The fourth-order valence-corrected chi connectivity index (χ4v) is 1.71. The molecule has 1 aliphatic rings. The lowest BCUT2D eigenvalue weighted by atomic mass is 9.95. The van der Waals surface area contributed by atoms with Crippen LogP contribution >= 0.6 is 11.6 Å². The molecule has 0 aromatic heterocycles. The quantitative estimate of drug-likeness (QED) is 0.680. The molecule has 0 saturated heterocycles. The second-order valence-corrected chi connectivity index (χ2v) is 3.60. The highest BCUT2D eigenvalue weighted by atomic mass is 35.5. The van der Waals surface area contributed by atoms with E-state index in [9.17, 15) is 9.59 Å². The minimum absolute atomic E-state index is 0.0192. The van der Waals surface area contributed by atoms with Gasteiger partial charge in [-0.1, -0.05) is 11.6 Å². The average molecular weight is 217 g/mol. The summed E-state index contributed by atoms with van der Waals surface area (Å²) in [7, 11) is 0. The molecule has 0 heterocycles. The standard InChI is InChI=1S/C10H13ClO3/c1-2-14-10(13)6-7-8(11)4-3-5-9(7)12/h2-6H2,1H3. The van der Waals surface area contributed by atoms with E-state index in [0.717, 1.165) is 6.42 Å². The minimum atomic E-state index is -0.379. The van der Waals surface area contributed by atoms with Gasteiger partial charge in [0.1, 0.15) is 0 Å². The Morgan fingerprint density at radius 1 is 1.50 bits per heavy atom. The van der Waals surface area contributed by atoms with Gasteiger partial charge >= 0.3 is 5.97 Å². The molecule has 0 aromatic carbocycles. The first-order valence-electron chi connectivity index (χ1n) is 4.71. The van der Waals surface area contributed by atoms with Crippen molar-refractivity contribution in [1.29, 1.82) is 0 Å². The van der Waals surface area contributed by atoms with Crippen LogP contribution in [0.4, 0.5) is 0 Å². The average Bonchev–Trinajstić information content (AvgIpc) is 2.12.